The lowest BCUT2D eigenvalue weighted by atomic mass is 9.80. The van der Waals surface area contributed by atoms with Gasteiger partial charge in [0.25, 0.3) is 0 Å². The highest BCUT2D eigenvalue weighted by atomic mass is 16.5. The van der Waals surface area contributed by atoms with Crippen molar-refractivity contribution >= 4 is 5.97 Å². The van der Waals surface area contributed by atoms with E-state index in [0.29, 0.717) is 12.5 Å². The van der Waals surface area contributed by atoms with E-state index >= 15 is 0 Å². The number of aromatic carboxylic acids is 1. The molecule has 1 saturated heterocycles. The van der Waals surface area contributed by atoms with Gasteiger partial charge in [0.15, 0.2) is 5.82 Å². The number of carboxylic acids is 1. The predicted molar refractivity (Wildman–Crippen MR) is 90.7 cm³/mol. The van der Waals surface area contributed by atoms with E-state index in [1.807, 2.05) is 0 Å². The molecule has 1 N–H and O–H groups in total. The summed E-state index contributed by atoms with van der Waals surface area (Å²) >= 11 is 0. The van der Waals surface area contributed by atoms with Crippen LogP contribution in [-0.4, -0.2) is 39.2 Å². The van der Waals surface area contributed by atoms with Gasteiger partial charge in [0.1, 0.15) is 0 Å². The minimum Gasteiger partial charge on any atom is -0.475 e. The van der Waals surface area contributed by atoms with Crippen LogP contribution in [0.5, 0.6) is 0 Å². The number of carbonyl (C=O) groups is 1. The van der Waals surface area contributed by atoms with Crippen LogP contribution < -0.4 is 0 Å². The quantitative estimate of drug-likeness (QED) is 0.849. The molecule has 26 heavy (non-hydrogen) atoms. The molecule has 0 radical (unpaired) electrons. The Balaban J connectivity index is 1.36. The SMILES string of the molecule is O=C(O)c1occc1CN1C[C@H]2CCC[C@@]2(c2nc(CC3CC3)no2)C1. The Morgan fingerprint density at radius 1 is 1.38 bits per heavy atom. The van der Waals surface area contributed by atoms with Crippen molar-refractivity contribution in [1.29, 1.82) is 0 Å². The van der Waals surface area contributed by atoms with Gasteiger partial charge in [0.05, 0.1) is 11.7 Å². The molecule has 1 aliphatic heterocycles. The summed E-state index contributed by atoms with van der Waals surface area (Å²) in [5.74, 6) is 1.92. The van der Waals surface area contributed by atoms with Crippen molar-refractivity contribution in [2.24, 2.45) is 11.8 Å². The number of aromatic nitrogens is 2. The molecule has 0 amide bonds. The number of hydrogen-bond donors (Lipinski definition) is 1. The molecule has 7 nitrogen and oxygen atoms in total. The summed E-state index contributed by atoms with van der Waals surface area (Å²) in [6.07, 6.45) is 8.36. The predicted octanol–water partition coefficient (Wildman–Crippen LogP) is 2.87. The summed E-state index contributed by atoms with van der Waals surface area (Å²) in [5, 5.41) is 13.5. The third kappa shape index (κ3) is 2.65. The summed E-state index contributed by atoms with van der Waals surface area (Å²) in [6.45, 7) is 2.36. The summed E-state index contributed by atoms with van der Waals surface area (Å²) in [4.78, 5) is 18.4. The number of carboxylic acid groups (broad SMARTS) is 1. The monoisotopic (exact) mass is 357 g/mol. The average Bonchev–Trinajstić information content (AvgIpc) is 3.00. The lowest BCUT2D eigenvalue weighted by Gasteiger charge is -2.24. The second-order valence-corrected chi connectivity index (χ2v) is 8.16. The number of furan rings is 1. The number of rotatable bonds is 6. The molecule has 3 aliphatic rings. The smallest absolute Gasteiger partial charge is 0.372 e. The molecule has 0 spiro atoms. The molecule has 3 heterocycles. The van der Waals surface area contributed by atoms with E-state index in [9.17, 15) is 9.90 Å². The Bertz CT molecular complexity index is 824. The molecule has 3 fully saturated rings. The van der Waals surface area contributed by atoms with Gasteiger partial charge in [-0.1, -0.05) is 11.6 Å². The zero-order chi connectivity index (χ0) is 17.7. The normalized spacial score (nSPS) is 28.5. The second-order valence-electron chi connectivity index (χ2n) is 8.16. The Labute approximate surface area is 151 Å². The van der Waals surface area contributed by atoms with Crippen molar-refractivity contribution in [1.82, 2.24) is 15.0 Å². The molecule has 138 valence electrons. The molecule has 2 atom stereocenters. The van der Waals surface area contributed by atoms with Crippen LogP contribution in [0.2, 0.25) is 0 Å². The Morgan fingerprint density at radius 3 is 3.08 bits per heavy atom. The van der Waals surface area contributed by atoms with Gasteiger partial charge in [-0.15, -0.1) is 0 Å². The van der Waals surface area contributed by atoms with Crippen molar-refractivity contribution in [3.63, 3.8) is 0 Å². The van der Waals surface area contributed by atoms with Gasteiger partial charge >= 0.3 is 5.97 Å². The van der Waals surface area contributed by atoms with Gasteiger partial charge in [-0.05, 0) is 43.6 Å². The third-order valence-corrected chi connectivity index (χ3v) is 6.34. The first-order valence-corrected chi connectivity index (χ1v) is 9.49. The lowest BCUT2D eigenvalue weighted by Crippen LogP contribution is -2.32. The fraction of sp³-hybridized carbons (Fsp3) is 0.632. The standard InChI is InChI=1S/C19H23N3O4/c23-17(24)16-13(5-7-25-16)9-22-10-14-2-1-6-19(14,11-22)18-20-15(21-26-18)8-12-3-4-12/h5,7,12,14H,1-4,6,8-11H2,(H,23,24)/t14-,19-/m1/s1. The molecule has 0 unspecified atom stereocenters. The maximum Gasteiger partial charge on any atom is 0.372 e. The van der Waals surface area contributed by atoms with Crippen LogP contribution >= 0.6 is 0 Å². The van der Waals surface area contributed by atoms with Crippen LogP contribution in [0.4, 0.5) is 0 Å². The molecular weight excluding hydrogens is 334 g/mol. The zero-order valence-corrected chi connectivity index (χ0v) is 14.7. The number of likely N-dealkylation sites (tertiary alicyclic amines) is 1. The van der Waals surface area contributed by atoms with E-state index in [4.69, 9.17) is 13.9 Å². The number of nitrogens with zero attached hydrogens (tertiary/aromatic N) is 3. The van der Waals surface area contributed by atoms with Crippen LogP contribution in [-0.2, 0) is 18.4 Å². The van der Waals surface area contributed by atoms with Crippen molar-refractivity contribution in [3.8, 4) is 0 Å². The molecule has 0 aromatic carbocycles. The van der Waals surface area contributed by atoms with Gasteiger partial charge < -0.3 is 14.0 Å². The van der Waals surface area contributed by atoms with E-state index in [1.54, 1.807) is 6.07 Å². The highest BCUT2D eigenvalue weighted by Gasteiger charge is 2.54. The summed E-state index contributed by atoms with van der Waals surface area (Å²) in [5.41, 5.74) is 0.662. The highest BCUT2D eigenvalue weighted by molar-refractivity contribution is 5.86. The van der Waals surface area contributed by atoms with E-state index < -0.39 is 5.97 Å². The summed E-state index contributed by atoms with van der Waals surface area (Å²) in [6, 6.07) is 1.75. The van der Waals surface area contributed by atoms with Crippen molar-refractivity contribution < 1.29 is 18.8 Å². The van der Waals surface area contributed by atoms with Crippen LogP contribution in [0.25, 0.3) is 0 Å². The van der Waals surface area contributed by atoms with E-state index in [-0.39, 0.29) is 11.2 Å². The zero-order valence-electron chi connectivity index (χ0n) is 14.7. The van der Waals surface area contributed by atoms with Gasteiger partial charge in [0.2, 0.25) is 11.7 Å². The van der Waals surface area contributed by atoms with Crippen molar-refractivity contribution in [2.45, 2.75) is 50.5 Å². The van der Waals surface area contributed by atoms with Gasteiger partial charge in [-0.25, -0.2) is 4.79 Å². The van der Waals surface area contributed by atoms with Crippen molar-refractivity contribution in [3.05, 3.63) is 35.4 Å². The third-order valence-electron chi connectivity index (χ3n) is 6.34. The maximum atomic E-state index is 11.3. The molecule has 2 saturated carbocycles. The minimum atomic E-state index is -1.01. The van der Waals surface area contributed by atoms with Crippen molar-refractivity contribution in [2.75, 3.05) is 13.1 Å². The van der Waals surface area contributed by atoms with Crippen LogP contribution in [0.15, 0.2) is 21.3 Å². The Hall–Kier alpha value is -2.15. The molecule has 2 aliphatic carbocycles. The van der Waals surface area contributed by atoms with E-state index in [2.05, 4.69) is 10.1 Å². The van der Waals surface area contributed by atoms with Crippen LogP contribution in [0, 0.1) is 11.8 Å². The molecular formula is C19H23N3O4. The average molecular weight is 357 g/mol. The van der Waals surface area contributed by atoms with Gasteiger partial charge in [-0.2, -0.15) is 4.98 Å². The van der Waals surface area contributed by atoms with Gasteiger partial charge in [0, 0.05) is 31.6 Å². The second kappa shape index (κ2) is 5.94. The first kappa shape index (κ1) is 16.1. The van der Waals surface area contributed by atoms with E-state index in [1.165, 1.54) is 25.5 Å². The lowest BCUT2D eigenvalue weighted by molar-refractivity contribution is 0.0659. The van der Waals surface area contributed by atoms with Gasteiger partial charge in [-0.3, -0.25) is 4.90 Å². The minimum absolute atomic E-state index is 0.0422. The Kier molecular flexibility index (Phi) is 3.67. The largest absolute Gasteiger partial charge is 0.475 e. The first-order valence-electron chi connectivity index (χ1n) is 9.49. The maximum absolute atomic E-state index is 11.3. The first-order chi connectivity index (χ1) is 12.6. The number of hydrogen-bond acceptors (Lipinski definition) is 6. The fourth-order valence-corrected chi connectivity index (χ4v) is 4.87. The molecule has 5 rings (SSSR count). The highest BCUT2D eigenvalue weighted by Crippen LogP contribution is 2.50. The molecule has 0 bridgehead atoms. The molecule has 2 aromatic heterocycles. The van der Waals surface area contributed by atoms with E-state index in [0.717, 1.165) is 55.5 Å². The number of fused-ring (bicyclic) bond motifs is 1. The summed E-state index contributed by atoms with van der Waals surface area (Å²) in [7, 11) is 0. The van der Waals surface area contributed by atoms with Crippen LogP contribution in [0.1, 0.15) is 59.9 Å². The summed E-state index contributed by atoms with van der Waals surface area (Å²) < 4.78 is 10.8. The fourth-order valence-electron chi connectivity index (χ4n) is 4.87. The molecule has 2 aromatic rings. The van der Waals surface area contributed by atoms with Crippen LogP contribution in [0.3, 0.4) is 0 Å². The molecule has 7 heteroatoms. The topological polar surface area (TPSA) is 92.6 Å². The Morgan fingerprint density at radius 2 is 2.27 bits per heavy atom.